The van der Waals surface area contributed by atoms with Crippen molar-refractivity contribution in [1.82, 2.24) is 9.97 Å². The SMILES string of the molecule is Nc1cc(Oc2ccc(F)cc2Cl)nc(N)n1. The molecular formula is C10H8ClFN4O. The summed E-state index contributed by atoms with van der Waals surface area (Å²) >= 11 is 5.79. The third-order valence-electron chi connectivity index (χ3n) is 1.85. The zero-order valence-electron chi connectivity index (χ0n) is 8.52. The molecular weight excluding hydrogens is 247 g/mol. The summed E-state index contributed by atoms with van der Waals surface area (Å²) in [7, 11) is 0. The Hall–Kier alpha value is -2.08. The van der Waals surface area contributed by atoms with E-state index in [-0.39, 0.29) is 28.4 Å². The van der Waals surface area contributed by atoms with Gasteiger partial charge in [0.15, 0.2) is 0 Å². The van der Waals surface area contributed by atoms with E-state index in [2.05, 4.69) is 9.97 Å². The lowest BCUT2D eigenvalue weighted by Crippen LogP contribution is -2.00. The number of hydrogen-bond acceptors (Lipinski definition) is 5. The molecule has 0 saturated heterocycles. The van der Waals surface area contributed by atoms with Gasteiger partial charge in [-0.1, -0.05) is 11.6 Å². The molecule has 7 heteroatoms. The fourth-order valence-corrected chi connectivity index (χ4v) is 1.39. The summed E-state index contributed by atoms with van der Waals surface area (Å²) in [6, 6.07) is 5.11. The molecule has 0 saturated carbocycles. The number of ether oxygens (including phenoxy) is 1. The fraction of sp³-hybridized carbons (Fsp3) is 0. The molecule has 17 heavy (non-hydrogen) atoms. The standard InChI is InChI=1S/C10H8ClFN4O/c11-6-3-5(12)1-2-7(6)17-9-4-8(13)15-10(14)16-9/h1-4H,(H4,13,14,15,16). The average molecular weight is 255 g/mol. The van der Waals surface area contributed by atoms with Gasteiger partial charge in [-0.3, -0.25) is 0 Å². The first-order valence-electron chi connectivity index (χ1n) is 4.57. The molecule has 1 heterocycles. The van der Waals surface area contributed by atoms with Crippen LogP contribution in [0.1, 0.15) is 0 Å². The number of nitrogens with zero attached hydrogens (tertiary/aromatic N) is 2. The van der Waals surface area contributed by atoms with Gasteiger partial charge in [0, 0.05) is 6.07 Å². The smallest absolute Gasteiger partial charge is 0.226 e. The molecule has 0 aliphatic rings. The van der Waals surface area contributed by atoms with E-state index in [1.165, 1.54) is 18.2 Å². The molecule has 0 radical (unpaired) electrons. The maximum atomic E-state index is 12.8. The number of rotatable bonds is 2. The zero-order chi connectivity index (χ0) is 12.4. The molecule has 0 aliphatic heterocycles. The van der Waals surface area contributed by atoms with Crippen molar-refractivity contribution in [3.05, 3.63) is 35.1 Å². The van der Waals surface area contributed by atoms with Crippen LogP contribution in [0.25, 0.3) is 0 Å². The molecule has 4 N–H and O–H groups in total. The van der Waals surface area contributed by atoms with Gasteiger partial charge < -0.3 is 16.2 Å². The number of benzene rings is 1. The Bertz CT molecular complexity index is 544. The minimum absolute atomic E-state index is 0.0155. The quantitative estimate of drug-likeness (QED) is 0.858. The molecule has 0 unspecified atom stereocenters. The summed E-state index contributed by atoms with van der Waals surface area (Å²) in [6.45, 7) is 0. The maximum absolute atomic E-state index is 12.8. The maximum Gasteiger partial charge on any atom is 0.226 e. The Morgan fingerprint density at radius 3 is 2.59 bits per heavy atom. The van der Waals surface area contributed by atoms with E-state index < -0.39 is 5.82 Å². The Labute approximate surface area is 101 Å². The van der Waals surface area contributed by atoms with Gasteiger partial charge in [-0.25, -0.2) is 4.39 Å². The van der Waals surface area contributed by atoms with E-state index in [1.54, 1.807) is 0 Å². The van der Waals surface area contributed by atoms with E-state index in [9.17, 15) is 4.39 Å². The normalized spacial score (nSPS) is 10.2. The number of nitrogens with two attached hydrogens (primary N) is 2. The van der Waals surface area contributed by atoms with Crippen molar-refractivity contribution in [2.75, 3.05) is 11.5 Å². The summed E-state index contributed by atoms with van der Waals surface area (Å²) in [4.78, 5) is 7.49. The molecule has 5 nitrogen and oxygen atoms in total. The first-order valence-corrected chi connectivity index (χ1v) is 4.95. The highest BCUT2D eigenvalue weighted by atomic mass is 35.5. The number of anilines is 2. The van der Waals surface area contributed by atoms with Crippen LogP contribution in [-0.4, -0.2) is 9.97 Å². The molecule has 0 aliphatic carbocycles. The second kappa shape index (κ2) is 4.42. The monoisotopic (exact) mass is 254 g/mol. The fourth-order valence-electron chi connectivity index (χ4n) is 1.18. The lowest BCUT2D eigenvalue weighted by atomic mass is 10.3. The predicted octanol–water partition coefficient (Wildman–Crippen LogP) is 2.23. The van der Waals surface area contributed by atoms with Gasteiger partial charge in [0.25, 0.3) is 0 Å². The number of halogens is 2. The highest BCUT2D eigenvalue weighted by Crippen LogP contribution is 2.29. The van der Waals surface area contributed by atoms with Crippen molar-refractivity contribution in [1.29, 1.82) is 0 Å². The van der Waals surface area contributed by atoms with Crippen molar-refractivity contribution < 1.29 is 9.13 Å². The van der Waals surface area contributed by atoms with E-state index in [0.717, 1.165) is 6.07 Å². The van der Waals surface area contributed by atoms with Crippen LogP contribution in [0, 0.1) is 5.82 Å². The number of aromatic nitrogens is 2. The highest BCUT2D eigenvalue weighted by molar-refractivity contribution is 6.32. The van der Waals surface area contributed by atoms with Gasteiger partial charge in [-0.15, -0.1) is 0 Å². The summed E-state index contributed by atoms with van der Waals surface area (Å²) in [5, 5.41) is 0.126. The zero-order valence-corrected chi connectivity index (χ0v) is 9.28. The third kappa shape index (κ3) is 2.73. The number of nitrogen functional groups attached to an aromatic ring is 2. The summed E-state index contributed by atoms with van der Waals surface area (Å²) in [5.74, 6) is 0.0992. The first kappa shape index (κ1) is 11.4. The van der Waals surface area contributed by atoms with Gasteiger partial charge in [-0.2, -0.15) is 9.97 Å². The van der Waals surface area contributed by atoms with E-state index in [4.69, 9.17) is 27.8 Å². The molecule has 0 bridgehead atoms. The average Bonchev–Trinajstić information content (AvgIpc) is 2.21. The Balaban J connectivity index is 2.31. The highest BCUT2D eigenvalue weighted by Gasteiger charge is 2.07. The largest absolute Gasteiger partial charge is 0.437 e. The predicted molar refractivity (Wildman–Crippen MR) is 62.3 cm³/mol. The minimum atomic E-state index is -0.455. The Kier molecular flexibility index (Phi) is 2.97. The lowest BCUT2D eigenvalue weighted by Gasteiger charge is -2.07. The summed E-state index contributed by atoms with van der Waals surface area (Å²) < 4.78 is 18.1. The van der Waals surface area contributed by atoms with Crippen molar-refractivity contribution >= 4 is 23.4 Å². The summed E-state index contributed by atoms with van der Waals surface area (Å²) in [6.07, 6.45) is 0. The molecule has 0 fully saturated rings. The Morgan fingerprint density at radius 2 is 1.94 bits per heavy atom. The van der Waals surface area contributed by atoms with Crippen LogP contribution in [-0.2, 0) is 0 Å². The minimum Gasteiger partial charge on any atom is -0.437 e. The van der Waals surface area contributed by atoms with Crippen LogP contribution < -0.4 is 16.2 Å². The first-order chi connectivity index (χ1) is 8.04. The van der Waals surface area contributed by atoms with Gasteiger partial charge in [-0.05, 0) is 18.2 Å². The second-order valence-corrected chi connectivity index (χ2v) is 3.57. The van der Waals surface area contributed by atoms with Crippen molar-refractivity contribution in [2.45, 2.75) is 0 Å². The van der Waals surface area contributed by atoms with Gasteiger partial charge in [0.2, 0.25) is 11.8 Å². The lowest BCUT2D eigenvalue weighted by molar-refractivity contribution is 0.461. The van der Waals surface area contributed by atoms with Crippen molar-refractivity contribution in [2.24, 2.45) is 0 Å². The molecule has 0 spiro atoms. The molecule has 0 amide bonds. The van der Waals surface area contributed by atoms with Crippen LogP contribution in [0.2, 0.25) is 5.02 Å². The van der Waals surface area contributed by atoms with E-state index in [1.807, 2.05) is 0 Å². The second-order valence-electron chi connectivity index (χ2n) is 3.17. The topological polar surface area (TPSA) is 87.0 Å². The van der Waals surface area contributed by atoms with Crippen LogP contribution in [0.3, 0.4) is 0 Å². The number of hydrogen-bond donors (Lipinski definition) is 2. The Morgan fingerprint density at radius 1 is 1.18 bits per heavy atom. The van der Waals surface area contributed by atoms with E-state index in [0.29, 0.717) is 0 Å². The van der Waals surface area contributed by atoms with E-state index >= 15 is 0 Å². The van der Waals surface area contributed by atoms with Crippen LogP contribution in [0.5, 0.6) is 11.6 Å². The molecule has 1 aromatic heterocycles. The third-order valence-corrected chi connectivity index (χ3v) is 2.14. The van der Waals surface area contributed by atoms with Crippen molar-refractivity contribution in [3.63, 3.8) is 0 Å². The summed E-state index contributed by atoms with van der Waals surface area (Å²) in [5.41, 5.74) is 10.9. The van der Waals surface area contributed by atoms with Crippen LogP contribution >= 0.6 is 11.6 Å². The van der Waals surface area contributed by atoms with Crippen LogP contribution in [0.15, 0.2) is 24.3 Å². The van der Waals surface area contributed by atoms with Crippen LogP contribution in [0.4, 0.5) is 16.2 Å². The molecule has 0 atom stereocenters. The molecule has 2 rings (SSSR count). The van der Waals surface area contributed by atoms with Gasteiger partial charge in [0.1, 0.15) is 17.4 Å². The molecule has 2 aromatic rings. The van der Waals surface area contributed by atoms with Gasteiger partial charge in [0.05, 0.1) is 5.02 Å². The van der Waals surface area contributed by atoms with Gasteiger partial charge >= 0.3 is 0 Å². The molecule has 88 valence electrons. The van der Waals surface area contributed by atoms with Crippen molar-refractivity contribution in [3.8, 4) is 11.6 Å². The molecule has 1 aromatic carbocycles.